The van der Waals surface area contributed by atoms with Crippen molar-refractivity contribution in [3.05, 3.63) is 64.2 Å². The summed E-state index contributed by atoms with van der Waals surface area (Å²) in [6, 6.07) is 12.5. The second-order valence-corrected chi connectivity index (χ2v) is 7.61. The van der Waals surface area contributed by atoms with Crippen LogP contribution < -0.4 is 10.1 Å². The van der Waals surface area contributed by atoms with Gasteiger partial charge < -0.3 is 15.0 Å². The van der Waals surface area contributed by atoms with E-state index in [9.17, 15) is 9.59 Å². The van der Waals surface area contributed by atoms with Crippen LogP contribution in [0.3, 0.4) is 0 Å². The van der Waals surface area contributed by atoms with Crippen LogP contribution in [0, 0.1) is 13.8 Å². The van der Waals surface area contributed by atoms with Gasteiger partial charge in [0.25, 0.3) is 5.91 Å². The number of halogens is 1. The summed E-state index contributed by atoms with van der Waals surface area (Å²) >= 11 is 6.08. The van der Waals surface area contributed by atoms with Gasteiger partial charge in [-0.25, -0.2) is 0 Å². The summed E-state index contributed by atoms with van der Waals surface area (Å²) in [4.78, 5) is 27.0. The van der Waals surface area contributed by atoms with Crippen molar-refractivity contribution in [2.45, 2.75) is 46.7 Å². The van der Waals surface area contributed by atoms with E-state index in [0.29, 0.717) is 17.3 Å². The van der Waals surface area contributed by atoms with Gasteiger partial charge in [0.05, 0.1) is 0 Å². The van der Waals surface area contributed by atoms with E-state index in [1.54, 1.807) is 19.1 Å². The summed E-state index contributed by atoms with van der Waals surface area (Å²) in [6.07, 6.45) is 0.830. The first kappa shape index (κ1) is 22.8. The van der Waals surface area contributed by atoms with Crippen LogP contribution in [-0.4, -0.2) is 35.9 Å². The summed E-state index contributed by atoms with van der Waals surface area (Å²) in [6.45, 7) is 8.32. The Hall–Kier alpha value is -2.53. The second-order valence-electron chi connectivity index (χ2n) is 7.18. The molecule has 0 fully saturated rings. The SMILES string of the molecule is CCCNC(=O)C(C)N(Cc1cccc(Cl)c1)C(=O)COc1cc(C)ccc1C. The number of hydrogen-bond acceptors (Lipinski definition) is 3. The molecule has 1 N–H and O–H groups in total. The molecule has 0 aliphatic heterocycles. The number of amides is 2. The van der Waals surface area contributed by atoms with E-state index < -0.39 is 6.04 Å². The van der Waals surface area contributed by atoms with E-state index >= 15 is 0 Å². The minimum atomic E-state index is -0.629. The fourth-order valence-electron chi connectivity index (χ4n) is 2.90. The van der Waals surface area contributed by atoms with Crippen LogP contribution >= 0.6 is 11.6 Å². The second kappa shape index (κ2) is 10.9. The lowest BCUT2D eigenvalue weighted by Gasteiger charge is -2.29. The molecule has 29 heavy (non-hydrogen) atoms. The molecule has 0 aliphatic carbocycles. The molecule has 5 nitrogen and oxygen atoms in total. The molecule has 0 heterocycles. The molecule has 1 atom stereocenters. The number of nitrogens with zero attached hydrogens (tertiary/aromatic N) is 1. The van der Waals surface area contributed by atoms with Crippen LogP contribution in [0.1, 0.15) is 37.0 Å². The Bertz CT molecular complexity index is 854. The molecule has 0 radical (unpaired) electrons. The van der Waals surface area contributed by atoms with Gasteiger partial charge in [0.2, 0.25) is 5.91 Å². The molecule has 156 valence electrons. The Morgan fingerprint density at radius 2 is 1.93 bits per heavy atom. The smallest absolute Gasteiger partial charge is 0.261 e. The minimum Gasteiger partial charge on any atom is -0.483 e. The molecule has 2 aromatic rings. The lowest BCUT2D eigenvalue weighted by molar-refractivity contribution is -0.142. The lowest BCUT2D eigenvalue weighted by atomic mass is 10.1. The van der Waals surface area contributed by atoms with Crippen molar-refractivity contribution in [2.24, 2.45) is 0 Å². The van der Waals surface area contributed by atoms with Crippen LogP contribution in [0.15, 0.2) is 42.5 Å². The first-order valence-corrected chi connectivity index (χ1v) is 10.2. The summed E-state index contributed by atoms with van der Waals surface area (Å²) in [5.74, 6) is 0.225. The third-order valence-electron chi connectivity index (χ3n) is 4.65. The molecular formula is C23H29ClN2O3. The number of carbonyl (C=O) groups excluding carboxylic acids is 2. The van der Waals surface area contributed by atoms with Crippen molar-refractivity contribution < 1.29 is 14.3 Å². The van der Waals surface area contributed by atoms with Crippen LogP contribution in [0.4, 0.5) is 0 Å². The fraction of sp³-hybridized carbons (Fsp3) is 0.391. The van der Waals surface area contributed by atoms with Crippen LogP contribution in [0.25, 0.3) is 0 Å². The summed E-state index contributed by atoms with van der Waals surface area (Å²) in [5, 5.41) is 3.44. The van der Waals surface area contributed by atoms with E-state index in [2.05, 4.69) is 5.32 Å². The molecule has 0 aromatic heterocycles. The molecule has 2 aromatic carbocycles. The van der Waals surface area contributed by atoms with Crippen molar-refractivity contribution in [1.82, 2.24) is 10.2 Å². The molecule has 2 rings (SSSR count). The Kier molecular flexibility index (Phi) is 8.52. The van der Waals surface area contributed by atoms with Gasteiger partial charge in [-0.1, -0.05) is 42.8 Å². The summed E-state index contributed by atoms with van der Waals surface area (Å²) in [5.41, 5.74) is 2.87. The Morgan fingerprint density at radius 3 is 2.62 bits per heavy atom. The zero-order chi connectivity index (χ0) is 21.4. The average molecular weight is 417 g/mol. The Morgan fingerprint density at radius 1 is 1.17 bits per heavy atom. The highest BCUT2D eigenvalue weighted by atomic mass is 35.5. The van der Waals surface area contributed by atoms with Gasteiger partial charge in [-0.3, -0.25) is 9.59 Å². The lowest BCUT2D eigenvalue weighted by Crippen LogP contribution is -2.49. The van der Waals surface area contributed by atoms with Crippen LogP contribution in [0.2, 0.25) is 5.02 Å². The van der Waals surface area contributed by atoms with Crippen LogP contribution in [0.5, 0.6) is 5.75 Å². The first-order valence-electron chi connectivity index (χ1n) is 9.83. The summed E-state index contributed by atoms with van der Waals surface area (Å²) < 4.78 is 5.78. The molecule has 1 unspecified atom stereocenters. The van der Waals surface area contributed by atoms with E-state index in [1.807, 2.05) is 51.1 Å². The van der Waals surface area contributed by atoms with Gasteiger partial charge in [-0.15, -0.1) is 0 Å². The topological polar surface area (TPSA) is 58.6 Å². The van der Waals surface area contributed by atoms with E-state index in [-0.39, 0.29) is 25.0 Å². The standard InChI is InChI=1S/C23H29ClN2O3/c1-5-11-25-23(28)18(4)26(14-19-7-6-8-20(24)13-19)22(27)15-29-21-12-16(2)9-10-17(21)3/h6-10,12-13,18H,5,11,14-15H2,1-4H3,(H,25,28). The Balaban J connectivity index is 2.16. The maximum atomic E-state index is 13.0. The van der Waals surface area contributed by atoms with Gasteiger partial charge in [-0.05, 0) is 62.1 Å². The molecule has 0 aliphatic rings. The minimum absolute atomic E-state index is 0.143. The summed E-state index contributed by atoms with van der Waals surface area (Å²) in [7, 11) is 0. The van der Waals surface area contributed by atoms with Crippen molar-refractivity contribution in [2.75, 3.05) is 13.2 Å². The van der Waals surface area contributed by atoms with Gasteiger partial charge in [0.15, 0.2) is 6.61 Å². The normalized spacial score (nSPS) is 11.6. The molecule has 0 spiro atoms. The number of ether oxygens (including phenoxy) is 1. The van der Waals surface area contributed by atoms with Crippen molar-refractivity contribution in [3.8, 4) is 5.75 Å². The predicted octanol–water partition coefficient (Wildman–Crippen LogP) is 4.28. The van der Waals surface area contributed by atoms with E-state index in [0.717, 1.165) is 23.1 Å². The average Bonchev–Trinajstić information content (AvgIpc) is 2.70. The molecule has 2 amide bonds. The number of nitrogens with one attached hydrogen (secondary N) is 1. The number of benzene rings is 2. The monoisotopic (exact) mass is 416 g/mol. The maximum Gasteiger partial charge on any atom is 0.261 e. The van der Waals surface area contributed by atoms with Crippen molar-refractivity contribution in [3.63, 3.8) is 0 Å². The highest BCUT2D eigenvalue weighted by Gasteiger charge is 2.26. The first-order chi connectivity index (χ1) is 13.8. The van der Waals surface area contributed by atoms with Crippen molar-refractivity contribution in [1.29, 1.82) is 0 Å². The fourth-order valence-corrected chi connectivity index (χ4v) is 3.11. The number of rotatable bonds is 9. The zero-order valence-electron chi connectivity index (χ0n) is 17.5. The van der Waals surface area contributed by atoms with Gasteiger partial charge in [-0.2, -0.15) is 0 Å². The van der Waals surface area contributed by atoms with Gasteiger partial charge in [0, 0.05) is 18.1 Å². The third kappa shape index (κ3) is 6.79. The molecule has 0 bridgehead atoms. The van der Waals surface area contributed by atoms with Crippen molar-refractivity contribution >= 4 is 23.4 Å². The zero-order valence-corrected chi connectivity index (χ0v) is 18.3. The molecule has 0 saturated carbocycles. The third-order valence-corrected chi connectivity index (χ3v) is 4.89. The quantitative estimate of drug-likeness (QED) is 0.663. The number of hydrogen-bond donors (Lipinski definition) is 1. The molecule has 0 saturated heterocycles. The predicted molar refractivity (Wildman–Crippen MR) is 116 cm³/mol. The number of aryl methyl sites for hydroxylation is 2. The van der Waals surface area contributed by atoms with Crippen LogP contribution in [-0.2, 0) is 16.1 Å². The maximum absolute atomic E-state index is 13.0. The molecule has 6 heteroatoms. The number of carbonyl (C=O) groups is 2. The van der Waals surface area contributed by atoms with E-state index in [1.165, 1.54) is 4.90 Å². The van der Waals surface area contributed by atoms with E-state index in [4.69, 9.17) is 16.3 Å². The molecular weight excluding hydrogens is 388 g/mol. The van der Waals surface area contributed by atoms with Gasteiger partial charge >= 0.3 is 0 Å². The highest BCUT2D eigenvalue weighted by Crippen LogP contribution is 2.20. The Labute approximate surface area is 178 Å². The largest absolute Gasteiger partial charge is 0.483 e. The van der Waals surface area contributed by atoms with Gasteiger partial charge in [0.1, 0.15) is 11.8 Å². The highest BCUT2D eigenvalue weighted by molar-refractivity contribution is 6.30.